The van der Waals surface area contributed by atoms with Crippen molar-refractivity contribution in [2.75, 3.05) is 13.6 Å². The Balaban J connectivity index is 2.11. The van der Waals surface area contributed by atoms with Gasteiger partial charge in [0.25, 0.3) is 0 Å². The van der Waals surface area contributed by atoms with Gasteiger partial charge in [-0.25, -0.2) is 8.78 Å². The molecule has 1 fully saturated rings. The van der Waals surface area contributed by atoms with Crippen LogP contribution < -0.4 is 5.32 Å². The minimum Gasteiger partial charge on any atom is -0.319 e. The largest absolute Gasteiger partial charge is 0.319 e. The van der Waals surface area contributed by atoms with Crippen molar-refractivity contribution in [2.24, 2.45) is 5.92 Å². The summed E-state index contributed by atoms with van der Waals surface area (Å²) in [6.07, 6.45) is 1.00. The molecule has 0 bridgehead atoms. The third-order valence-electron chi connectivity index (χ3n) is 2.75. The van der Waals surface area contributed by atoms with Crippen LogP contribution in [0.15, 0.2) is 18.2 Å². The molecule has 0 unspecified atom stereocenters. The van der Waals surface area contributed by atoms with E-state index in [0.717, 1.165) is 19.0 Å². The van der Waals surface area contributed by atoms with E-state index in [0.29, 0.717) is 11.5 Å². The number of hydrogen-bond acceptors (Lipinski definition) is 1. The molecule has 1 aliphatic carbocycles. The Morgan fingerprint density at radius 3 is 2.86 bits per heavy atom. The van der Waals surface area contributed by atoms with Gasteiger partial charge in [-0.05, 0) is 43.5 Å². The van der Waals surface area contributed by atoms with E-state index in [1.165, 1.54) is 6.07 Å². The maximum absolute atomic E-state index is 13.3. The number of rotatable bonds is 3. The van der Waals surface area contributed by atoms with Crippen LogP contribution in [0.4, 0.5) is 8.78 Å². The number of hydrogen-bond donors (Lipinski definition) is 1. The van der Waals surface area contributed by atoms with Crippen molar-refractivity contribution in [1.82, 2.24) is 5.32 Å². The van der Waals surface area contributed by atoms with Crippen LogP contribution in [0.25, 0.3) is 0 Å². The predicted molar refractivity (Wildman–Crippen MR) is 51.1 cm³/mol. The molecule has 0 aliphatic heterocycles. The zero-order valence-electron chi connectivity index (χ0n) is 8.06. The number of halogens is 2. The molecule has 0 spiro atoms. The summed E-state index contributed by atoms with van der Waals surface area (Å²) in [6, 6.07) is 3.85. The lowest BCUT2D eigenvalue weighted by Crippen LogP contribution is -2.10. The summed E-state index contributed by atoms with van der Waals surface area (Å²) in [5.74, 6) is -0.117. The molecule has 1 aromatic rings. The van der Waals surface area contributed by atoms with E-state index in [1.807, 2.05) is 7.05 Å². The molecular weight excluding hydrogens is 184 g/mol. The second-order valence-corrected chi connectivity index (χ2v) is 3.83. The molecule has 3 heteroatoms. The fraction of sp³-hybridized carbons (Fsp3) is 0.455. The van der Waals surface area contributed by atoms with Gasteiger partial charge in [0.15, 0.2) is 0 Å². The van der Waals surface area contributed by atoms with Crippen LogP contribution >= 0.6 is 0 Å². The fourth-order valence-electron chi connectivity index (χ4n) is 1.92. The molecule has 14 heavy (non-hydrogen) atoms. The topological polar surface area (TPSA) is 12.0 Å². The van der Waals surface area contributed by atoms with Gasteiger partial charge < -0.3 is 5.32 Å². The van der Waals surface area contributed by atoms with Gasteiger partial charge >= 0.3 is 0 Å². The predicted octanol–water partition coefficient (Wildman–Crippen LogP) is 2.29. The Hall–Kier alpha value is -0.960. The number of benzene rings is 1. The summed E-state index contributed by atoms with van der Waals surface area (Å²) in [5.41, 5.74) is 0.659. The normalized spacial score (nSPS) is 25.1. The first kappa shape index (κ1) is 9.59. The maximum atomic E-state index is 13.3. The molecule has 0 amide bonds. The molecule has 1 N–H and O–H groups in total. The van der Waals surface area contributed by atoms with Crippen LogP contribution in [-0.4, -0.2) is 13.6 Å². The van der Waals surface area contributed by atoms with Crippen molar-refractivity contribution in [1.29, 1.82) is 0 Å². The zero-order chi connectivity index (χ0) is 10.1. The smallest absolute Gasteiger partial charge is 0.129 e. The molecule has 0 aromatic heterocycles. The van der Waals surface area contributed by atoms with Crippen LogP contribution in [0, 0.1) is 17.6 Å². The van der Waals surface area contributed by atoms with Gasteiger partial charge in [0.2, 0.25) is 0 Å². The molecule has 1 aliphatic rings. The lowest BCUT2D eigenvalue weighted by molar-refractivity contribution is 0.568. The highest BCUT2D eigenvalue weighted by Gasteiger charge is 2.39. The van der Waals surface area contributed by atoms with Gasteiger partial charge in [-0.15, -0.1) is 0 Å². The van der Waals surface area contributed by atoms with Gasteiger partial charge in [-0.1, -0.05) is 6.07 Å². The average molecular weight is 197 g/mol. The fourth-order valence-corrected chi connectivity index (χ4v) is 1.92. The minimum atomic E-state index is -0.503. The van der Waals surface area contributed by atoms with E-state index in [1.54, 1.807) is 6.07 Å². The van der Waals surface area contributed by atoms with Gasteiger partial charge in [0.05, 0.1) is 0 Å². The van der Waals surface area contributed by atoms with Crippen LogP contribution in [0.1, 0.15) is 17.9 Å². The van der Waals surface area contributed by atoms with E-state index in [2.05, 4.69) is 5.32 Å². The van der Waals surface area contributed by atoms with E-state index >= 15 is 0 Å². The van der Waals surface area contributed by atoms with Gasteiger partial charge in [0.1, 0.15) is 11.6 Å². The van der Waals surface area contributed by atoms with Crippen molar-refractivity contribution in [3.63, 3.8) is 0 Å². The third-order valence-corrected chi connectivity index (χ3v) is 2.75. The first-order valence-corrected chi connectivity index (χ1v) is 4.82. The average Bonchev–Trinajstić information content (AvgIpc) is 2.84. The lowest BCUT2D eigenvalue weighted by Gasteiger charge is -2.02. The van der Waals surface area contributed by atoms with Crippen molar-refractivity contribution >= 4 is 0 Å². The van der Waals surface area contributed by atoms with E-state index < -0.39 is 11.6 Å². The standard InChI is InChI=1S/C11H13F2N/c1-14-6-7-4-10(7)9-3-2-8(12)5-11(9)13/h2-3,5,7,10,14H,4,6H2,1H3/t7-,10-/m1/s1. The van der Waals surface area contributed by atoms with Crippen LogP contribution in [-0.2, 0) is 0 Å². The van der Waals surface area contributed by atoms with E-state index in [-0.39, 0.29) is 5.92 Å². The monoisotopic (exact) mass is 197 g/mol. The van der Waals surface area contributed by atoms with Crippen molar-refractivity contribution in [3.8, 4) is 0 Å². The molecule has 0 radical (unpaired) electrons. The highest BCUT2D eigenvalue weighted by molar-refractivity contribution is 5.28. The van der Waals surface area contributed by atoms with Crippen LogP contribution in [0.3, 0.4) is 0 Å². The van der Waals surface area contributed by atoms with Crippen LogP contribution in [0.2, 0.25) is 0 Å². The Bertz CT molecular complexity index is 338. The highest BCUT2D eigenvalue weighted by atomic mass is 19.1. The van der Waals surface area contributed by atoms with E-state index in [4.69, 9.17) is 0 Å². The van der Waals surface area contributed by atoms with Crippen molar-refractivity contribution in [2.45, 2.75) is 12.3 Å². The molecule has 0 saturated heterocycles. The maximum Gasteiger partial charge on any atom is 0.129 e. The summed E-state index contributed by atoms with van der Waals surface area (Å²) in [5, 5.41) is 3.06. The summed E-state index contributed by atoms with van der Waals surface area (Å²) in [4.78, 5) is 0. The quantitative estimate of drug-likeness (QED) is 0.784. The molecule has 76 valence electrons. The molecular formula is C11H13F2N. The minimum absolute atomic E-state index is 0.281. The first-order valence-electron chi connectivity index (χ1n) is 4.82. The molecule has 1 aromatic carbocycles. The lowest BCUT2D eigenvalue weighted by atomic mass is 10.1. The van der Waals surface area contributed by atoms with E-state index in [9.17, 15) is 8.78 Å². The molecule has 1 saturated carbocycles. The molecule has 0 heterocycles. The second-order valence-electron chi connectivity index (χ2n) is 3.83. The number of nitrogens with one attached hydrogen (secondary N) is 1. The van der Waals surface area contributed by atoms with Crippen molar-refractivity contribution in [3.05, 3.63) is 35.4 Å². The Labute approximate surface area is 82.1 Å². The first-order chi connectivity index (χ1) is 6.72. The molecule has 2 atom stereocenters. The summed E-state index contributed by atoms with van der Waals surface area (Å²) < 4.78 is 25.9. The third kappa shape index (κ3) is 1.77. The summed E-state index contributed by atoms with van der Waals surface area (Å²) in [6.45, 7) is 0.904. The SMILES string of the molecule is CNC[C@H]1C[C@H]1c1ccc(F)cc1F. The van der Waals surface area contributed by atoms with Crippen molar-refractivity contribution < 1.29 is 8.78 Å². The van der Waals surface area contributed by atoms with Gasteiger partial charge in [0, 0.05) is 6.07 Å². The Kier molecular flexibility index (Phi) is 2.50. The van der Waals surface area contributed by atoms with Crippen LogP contribution in [0.5, 0.6) is 0 Å². The Morgan fingerprint density at radius 1 is 1.43 bits per heavy atom. The van der Waals surface area contributed by atoms with Gasteiger partial charge in [-0.2, -0.15) is 0 Å². The Morgan fingerprint density at radius 2 is 2.21 bits per heavy atom. The zero-order valence-corrected chi connectivity index (χ0v) is 8.06. The molecule has 2 rings (SSSR count). The summed E-state index contributed by atoms with van der Waals surface area (Å²) in [7, 11) is 1.89. The second kappa shape index (κ2) is 3.65. The molecule has 1 nitrogen and oxygen atoms in total. The van der Waals surface area contributed by atoms with Gasteiger partial charge in [-0.3, -0.25) is 0 Å². The summed E-state index contributed by atoms with van der Waals surface area (Å²) >= 11 is 0. The highest BCUT2D eigenvalue weighted by Crippen LogP contribution is 2.47.